The standard InChI is InChI=1S/C96H160BN3/c1-95(2,3)71-52-68-46-47-69-53-72(96(4,5)6)58-81-80(55-70(54-71)90(68)91(69)81)67-49-51-87-83(57-67)97-82-56-66(61-28-12-7-13-29-61)48-50-86(82)99(93-74(62-30-14-8-15-31-62)40-26-41-75(93)63-32-16-9-17-33-63)88-59-73(98-84-44-24-22-38-78(84)79-39-23-25-45-85(79)98)60-89(92(88)97)100(87)94-76(64-34-18-10-19-35-64)42-27-43-77(94)65-36-20-11-21-37-65/h61-94H,7-60H2,1-6H3. The van der Waals surface area contributed by atoms with E-state index in [0.717, 1.165) is 209 Å². The molecule has 16 aliphatic carbocycles. The van der Waals surface area contributed by atoms with Gasteiger partial charge in [-0.2, -0.15) is 0 Å². The lowest BCUT2D eigenvalue weighted by molar-refractivity contribution is -0.156. The minimum atomic E-state index is 0.440. The summed E-state index contributed by atoms with van der Waals surface area (Å²) in [6.07, 6.45) is 85.6. The second kappa shape index (κ2) is 29.3. The molecule has 3 aliphatic heterocycles. The van der Waals surface area contributed by atoms with Gasteiger partial charge in [-0.25, -0.2) is 0 Å². The lowest BCUT2D eigenvalue weighted by Gasteiger charge is -2.72. The zero-order chi connectivity index (χ0) is 67.1. The molecule has 100 heavy (non-hydrogen) atoms. The summed E-state index contributed by atoms with van der Waals surface area (Å²) in [5.41, 5.74) is 0.892. The van der Waals surface area contributed by atoms with Crippen LogP contribution in [0.4, 0.5) is 0 Å². The third-order valence-electron chi connectivity index (χ3n) is 39.9. The SMILES string of the molecule is CC(C)(C)C1CC2CCC3CC(C(C)(C)C)CC4C(C5CCC6C(C5)B5C7CC(C8CCCCC8)CCC7N(C7C(C8CCCCC8)CCCC7C7CCCCC7)C7CC(N8C9CCCCC9C9CCCCC98)CC(C57)N6C5C(C6CCCCC6)CCCC5C5CCCCC5)CC(C1)C2C34. The molecule has 16 saturated carbocycles. The highest BCUT2D eigenvalue weighted by Gasteiger charge is 2.70. The van der Waals surface area contributed by atoms with Gasteiger partial charge in [0.2, 0.25) is 0 Å². The second-order valence-electron chi connectivity index (χ2n) is 45.5. The minimum absolute atomic E-state index is 0.440. The van der Waals surface area contributed by atoms with Crippen molar-refractivity contribution in [3.05, 3.63) is 0 Å². The first-order chi connectivity index (χ1) is 48.9. The molecule has 0 radical (unpaired) electrons. The maximum Gasteiger partial charge on any atom is 0.156 e. The zero-order valence-corrected chi connectivity index (χ0v) is 66.7. The monoisotopic (exact) mass is 1370 g/mol. The summed E-state index contributed by atoms with van der Waals surface area (Å²) in [7, 11) is 0. The molecular weight excluding hydrogens is 1210 g/mol. The van der Waals surface area contributed by atoms with Crippen LogP contribution in [-0.4, -0.2) is 75.8 Å². The Balaban J connectivity index is 0.801. The molecule has 0 amide bonds. The average molecular weight is 1370 g/mol. The Morgan fingerprint density at radius 3 is 1.05 bits per heavy atom. The van der Waals surface area contributed by atoms with Gasteiger partial charge in [-0.15, -0.1) is 0 Å². The molecule has 3 saturated heterocycles. The third kappa shape index (κ3) is 12.7. The van der Waals surface area contributed by atoms with E-state index >= 15 is 0 Å². The van der Waals surface area contributed by atoms with E-state index in [1.807, 2.05) is 0 Å². The fraction of sp³-hybridized carbons (Fsp3) is 1.00. The van der Waals surface area contributed by atoms with Gasteiger partial charge in [0, 0.05) is 54.4 Å². The molecule has 19 fully saturated rings. The summed E-state index contributed by atoms with van der Waals surface area (Å²) in [6.45, 7) is 17.3. The van der Waals surface area contributed by atoms with Crippen LogP contribution in [-0.2, 0) is 0 Å². The van der Waals surface area contributed by atoms with Crippen LogP contribution in [0.5, 0.6) is 0 Å². The van der Waals surface area contributed by atoms with Crippen molar-refractivity contribution >= 4 is 6.71 Å². The lowest BCUT2D eigenvalue weighted by Crippen LogP contribution is -2.78. The van der Waals surface area contributed by atoms with Crippen LogP contribution in [0.3, 0.4) is 0 Å². The molecular formula is C96H160BN3. The van der Waals surface area contributed by atoms with Gasteiger partial charge >= 0.3 is 0 Å². The number of rotatable bonds is 9. The minimum Gasteiger partial charge on any atom is -0.295 e. The predicted molar refractivity (Wildman–Crippen MR) is 422 cm³/mol. The van der Waals surface area contributed by atoms with Crippen LogP contribution in [0.1, 0.15) is 388 Å². The summed E-state index contributed by atoms with van der Waals surface area (Å²) in [5.74, 6) is 25.0. The average Bonchev–Trinajstić information content (AvgIpc) is 0.796. The molecule has 0 aromatic carbocycles. The molecule has 27 atom stereocenters. The molecule has 0 N–H and O–H groups in total. The smallest absolute Gasteiger partial charge is 0.156 e. The Bertz CT molecular complexity index is 2590. The van der Waals surface area contributed by atoms with Gasteiger partial charge in [-0.1, -0.05) is 253 Å². The van der Waals surface area contributed by atoms with Crippen LogP contribution in [0.25, 0.3) is 0 Å². The summed E-state index contributed by atoms with van der Waals surface area (Å²) in [4.78, 5) is 11.7. The normalized spacial score (nSPS) is 50.1. The van der Waals surface area contributed by atoms with Gasteiger partial charge in [0.05, 0.1) is 0 Å². The van der Waals surface area contributed by atoms with E-state index in [1.54, 1.807) is 302 Å². The highest BCUT2D eigenvalue weighted by Crippen LogP contribution is 2.72. The molecule has 562 valence electrons. The molecule has 3 heterocycles. The summed E-state index contributed by atoms with van der Waals surface area (Å²) in [5, 5.41) is 0. The van der Waals surface area contributed by atoms with Crippen LogP contribution in [0.2, 0.25) is 17.5 Å². The fourth-order valence-electron chi connectivity index (χ4n) is 36.3. The number of hydrogen-bond acceptors (Lipinski definition) is 3. The number of likely N-dealkylation sites (tertiary alicyclic amines) is 1. The van der Waals surface area contributed by atoms with Crippen LogP contribution >= 0.6 is 0 Å². The van der Waals surface area contributed by atoms with Crippen molar-refractivity contribution in [1.29, 1.82) is 0 Å². The predicted octanol–water partition coefficient (Wildman–Crippen LogP) is 25.8. The van der Waals surface area contributed by atoms with Crippen LogP contribution in [0.15, 0.2) is 0 Å². The quantitative estimate of drug-likeness (QED) is 0.213. The van der Waals surface area contributed by atoms with E-state index in [1.165, 1.54) is 44.9 Å². The van der Waals surface area contributed by atoms with E-state index < -0.39 is 0 Å². The van der Waals surface area contributed by atoms with Gasteiger partial charge in [-0.3, -0.25) is 14.7 Å². The second-order valence-corrected chi connectivity index (χ2v) is 45.5. The fourth-order valence-corrected chi connectivity index (χ4v) is 36.3. The summed E-state index contributed by atoms with van der Waals surface area (Å²) >= 11 is 0. The summed E-state index contributed by atoms with van der Waals surface area (Å²) < 4.78 is 0. The van der Waals surface area contributed by atoms with Crippen molar-refractivity contribution in [1.82, 2.24) is 14.7 Å². The number of fused-ring (bicyclic) bond motifs is 7. The van der Waals surface area contributed by atoms with Gasteiger partial charge in [0.1, 0.15) is 0 Å². The maximum absolute atomic E-state index is 4.01. The van der Waals surface area contributed by atoms with Gasteiger partial charge in [0.25, 0.3) is 0 Å². The van der Waals surface area contributed by atoms with E-state index in [9.17, 15) is 0 Å². The topological polar surface area (TPSA) is 9.72 Å². The van der Waals surface area contributed by atoms with Gasteiger partial charge in [-0.05, 0) is 293 Å². The maximum atomic E-state index is 4.01. The highest BCUT2D eigenvalue weighted by molar-refractivity contribution is 6.65. The Morgan fingerprint density at radius 2 is 0.590 bits per heavy atom. The third-order valence-corrected chi connectivity index (χ3v) is 39.9. The van der Waals surface area contributed by atoms with Crippen molar-refractivity contribution in [3.8, 4) is 0 Å². The molecule has 27 unspecified atom stereocenters. The first-order valence-corrected chi connectivity index (χ1v) is 48.2. The van der Waals surface area contributed by atoms with E-state index in [2.05, 4.69) is 56.2 Å². The molecule has 19 rings (SSSR count). The molecule has 4 heteroatoms. The van der Waals surface area contributed by atoms with Gasteiger partial charge in [0.15, 0.2) is 6.71 Å². The first-order valence-electron chi connectivity index (χ1n) is 48.2. The molecule has 0 bridgehead atoms. The Hall–Kier alpha value is -0.0551. The number of nitrogens with zero attached hydrogens (tertiary/aromatic N) is 3. The van der Waals surface area contributed by atoms with E-state index in [0.29, 0.717) is 10.8 Å². The van der Waals surface area contributed by atoms with Gasteiger partial charge < -0.3 is 0 Å². The molecule has 0 spiro atoms. The first kappa shape index (κ1) is 70.3. The molecule has 0 aromatic heterocycles. The number of hydrogen-bond donors (Lipinski definition) is 0. The molecule has 19 aliphatic rings. The Labute approximate surface area is 618 Å². The van der Waals surface area contributed by atoms with Crippen LogP contribution in [0, 0.1) is 141 Å². The molecule has 0 aromatic rings. The Kier molecular flexibility index (Phi) is 20.6. The van der Waals surface area contributed by atoms with Crippen molar-refractivity contribution in [2.45, 2.75) is 460 Å². The van der Waals surface area contributed by atoms with Crippen molar-refractivity contribution < 1.29 is 0 Å². The molecule has 3 nitrogen and oxygen atoms in total. The lowest BCUT2D eigenvalue weighted by atomic mass is 9.17. The van der Waals surface area contributed by atoms with Crippen molar-refractivity contribution in [2.24, 2.45) is 141 Å². The van der Waals surface area contributed by atoms with E-state index in [4.69, 9.17) is 0 Å². The zero-order valence-electron chi connectivity index (χ0n) is 66.7. The van der Waals surface area contributed by atoms with Crippen molar-refractivity contribution in [2.75, 3.05) is 0 Å². The van der Waals surface area contributed by atoms with E-state index in [-0.39, 0.29) is 0 Å². The highest BCUT2D eigenvalue weighted by atomic mass is 15.3. The summed E-state index contributed by atoms with van der Waals surface area (Å²) in [6, 6.07) is 7.80. The largest absolute Gasteiger partial charge is 0.295 e. The Morgan fingerprint density at radius 1 is 0.220 bits per heavy atom. The van der Waals surface area contributed by atoms with Crippen LogP contribution < -0.4 is 0 Å². The van der Waals surface area contributed by atoms with Crippen molar-refractivity contribution in [3.63, 3.8) is 0 Å².